The molecule has 0 atom stereocenters. The van der Waals surface area contributed by atoms with Crippen LogP contribution in [-0.2, 0) is 156 Å². The molecule has 14 aliphatic carbocycles. The molecule has 14 saturated carbocycles. The molecule has 22 fully saturated rings. The summed E-state index contributed by atoms with van der Waals surface area (Å²) in [6.45, 7) is 4.00. The Morgan fingerprint density at radius 2 is 0.218 bits per heavy atom. The first-order chi connectivity index (χ1) is 57.2. The van der Waals surface area contributed by atoms with Crippen LogP contribution in [0.1, 0.15) is 385 Å². The molecule has 0 N–H and O–H groups in total. The van der Waals surface area contributed by atoms with Crippen LogP contribution in [0.15, 0.2) is 0 Å². The summed E-state index contributed by atoms with van der Waals surface area (Å²) in [5, 5.41) is 0. The Labute approximate surface area is 790 Å². The molecule has 0 aromatic rings. The second-order valence-corrected chi connectivity index (χ2v) is 83.7. The number of hydrogen-bond acceptors (Lipinski definition) is 26. The maximum absolute atomic E-state index is 16.4. The fourth-order valence-corrected chi connectivity index (χ4v) is 111. The zero-order valence-corrected chi connectivity index (χ0v) is 91.7. The molecular weight excluding hydrogens is 1950 g/mol. The fraction of sp³-hybridized carbons (Fsp3) is 1.00. The van der Waals surface area contributed by atoms with Crippen LogP contribution in [0, 0.1) is 0 Å². The summed E-state index contributed by atoms with van der Waals surface area (Å²) in [6.07, 6.45) is 52.6. The Morgan fingerprint density at radius 3 is 0.306 bits per heavy atom. The predicted molar refractivity (Wildman–Crippen MR) is 453 cm³/mol. The summed E-state index contributed by atoms with van der Waals surface area (Å²) < 4.78 is 147. The van der Waals surface area contributed by atoms with Crippen molar-refractivity contribution < 1.29 is 184 Å². The molecule has 124 heavy (non-hydrogen) atoms. The van der Waals surface area contributed by atoms with Crippen molar-refractivity contribution >= 4 is 123 Å². The van der Waals surface area contributed by atoms with Crippen LogP contribution >= 0.6 is 0 Å². The number of ether oxygens (including phenoxy) is 2. The molecule has 8 heterocycles. The first kappa shape index (κ1) is 105. The molecular formula is C78H142O29Si14V3. The van der Waals surface area contributed by atoms with E-state index in [0.717, 1.165) is 309 Å². The Kier molecular flexibility index (Phi) is 37.1. The van der Waals surface area contributed by atoms with Gasteiger partial charge in [0.25, 0.3) is 0 Å². The summed E-state index contributed by atoms with van der Waals surface area (Å²) in [7, 11) is -61.1. The van der Waals surface area contributed by atoms with E-state index in [-0.39, 0.29) is 150 Å². The standard InChI is InChI=1S/2C35H63O12Si7.2C4H8O.3O.3V/c2*36-48(29-15-1-2-16-29)39-51(32-21-7-8-22-32)41-49(37,30-17-3-4-18-30)43-53(34-25-11-12-26-34)44-50(38,31-19-5-6-20-31)42-52(40-48,33-23-9-10-24-33)46-54(45-51,47-53)35-27-13-14-28-35;2*1-2-4-5-3-1;;;;;;/h2*29-35H,1-28H2;2*1-4H2;;;;;;/q2*-3;;;3*-2;3*+4. The van der Waals surface area contributed by atoms with E-state index in [1.165, 1.54) is 25.7 Å². The third kappa shape index (κ3) is 21.2. The Hall–Kier alpha value is 3.63. The van der Waals surface area contributed by atoms with Crippen molar-refractivity contribution in [3.05, 3.63) is 0 Å². The van der Waals surface area contributed by atoms with E-state index in [4.69, 9.17) is 83.5 Å². The van der Waals surface area contributed by atoms with E-state index in [1.807, 2.05) is 0 Å². The summed E-state index contributed by atoms with van der Waals surface area (Å²) in [5.41, 5.74) is -3.77. The van der Waals surface area contributed by atoms with E-state index in [9.17, 15) is 0 Å². The second-order valence-electron chi connectivity index (χ2n) is 40.7. The van der Waals surface area contributed by atoms with E-state index < -0.39 is 123 Å². The SMILES string of the molecule is C1CCOC1.C1CCOC1.[O-2].[O-2].[O-2].[O-][Si]1(C2CCCC2)O[Si]2(C3CCCC3)O[Si]([O-])(C3CCCC3)O[Si]3(C4CCCC4)O[Si]([O-])(C4CCCC4)O[Si](C4CCCC4)(O1)O[Si](C1CCCC1)(O2)O3.[O-][Si]1(C2CCCC2)O[Si]2(C3CCCC3)O[Si]([O-])(C3CCCC3)O[Si]3(C4CCCC4)O[Si]([O-])(C4CCCC4)O[Si](C4CCCC4)(O1)O[Si](C1CCCC1)(O2)O3.[V+4].[V+4].[V+4]. The van der Waals surface area contributed by atoms with Crippen LogP contribution in [0.3, 0.4) is 0 Å². The maximum atomic E-state index is 16.4. The van der Waals surface area contributed by atoms with Crippen molar-refractivity contribution in [2.24, 2.45) is 0 Å². The van der Waals surface area contributed by atoms with Crippen LogP contribution in [0.2, 0.25) is 77.6 Å². The van der Waals surface area contributed by atoms with Gasteiger partial charge in [0.2, 0.25) is 52.8 Å². The van der Waals surface area contributed by atoms with Crippen LogP contribution in [-0.4, -0.2) is 150 Å². The van der Waals surface area contributed by atoms with Gasteiger partial charge < -0.3 is 129 Å². The van der Waals surface area contributed by atoms with Gasteiger partial charge in [-0.05, 0) is 239 Å². The largest absolute Gasteiger partial charge is 4.00 e. The molecule has 8 saturated heterocycles. The van der Waals surface area contributed by atoms with E-state index >= 15 is 28.8 Å². The van der Waals surface area contributed by atoms with Crippen molar-refractivity contribution in [2.75, 3.05) is 26.4 Å². The van der Waals surface area contributed by atoms with Gasteiger partial charge in [0.1, 0.15) is 0 Å². The molecule has 8 aliphatic heterocycles. The summed E-state index contributed by atoms with van der Waals surface area (Å²) in [4.78, 5) is 98.1. The molecule has 8 bridgehead atoms. The molecule has 0 amide bonds. The van der Waals surface area contributed by atoms with Crippen molar-refractivity contribution in [3.8, 4) is 0 Å². The van der Waals surface area contributed by atoms with Gasteiger partial charge in [-0.2, -0.15) is 0 Å². The predicted octanol–water partition coefficient (Wildman–Crippen LogP) is 14.1. The quantitative estimate of drug-likeness (QED) is 0.146. The van der Waals surface area contributed by atoms with Crippen molar-refractivity contribution in [1.82, 2.24) is 0 Å². The van der Waals surface area contributed by atoms with Crippen LogP contribution < -0.4 is 28.8 Å². The van der Waals surface area contributed by atoms with Crippen LogP contribution in [0.5, 0.6) is 0 Å². The Balaban J connectivity index is 0.000000183. The first-order valence-electron chi connectivity index (χ1n) is 49.2. The molecule has 0 aromatic carbocycles. The van der Waals surface area contributed by atoms with Gasteiger partial charge in [0, 0.05) is 70.8 Å². The molecule has 0 aromatic heterocycles. The number of rotatable bonds is 14. The zero-order chi connectivity index (χ0) is 80.5. The molecule has 22 aliphatic rings. The van der Waals surface area contributed by atoms with Gasteiger partial charge in [-0.1, -0.05) is 180 Å². The molecule has 0 unspecified atom stereocenters. The summed E-state index contributed by atoms with van der Waals surface area (Å²) >= 11 is 0. The van der Waals surface area contributed by atoms with Gasteiger partial charge in [-0.25, -0.2) is 0 Å². The Bertz CT molecular complexity index is 2740. The fourth-order valence-electron chi connectivity index (χ4n) is 26.1. The monoisotopic (exact) mass is 2090 g/mol. The molecule has 3 radical (unpaired) electrons. The average Bonchev–Trinajstić information content (AvgIpc) is 1.38. The van der Waals surface area contributed by atoms with Gasteiger partial charge in [0.05, 0.1) is 0 Å². The topological polar surface area (TPSA) is 408 Å². The normalized spacial score (nSPS) is 44.2. The maximum Gasteiger partial charge on any atom is 4.00 e. The third-order valence-electron chi connectivity index (χ3n) is 32.7. The van der Waals surface area contributed by atoms with Crippen LogP contribution in [0.25, 0.3) is 0 Å². The Morgan fingerprint density at radius 1 is 0.129 bits per heavy atom. The van der Waals surface area contributed by atoms with Crippen LogP contribution in [0.4, 0.5) is 0 Å². The van der Waals surface area contributed by atoms with Gasteiger partial charge in [-0.15, -0.1) is 0 Å². The molecule has 46 heteroatoms. The minimum Gasteiger partial charge on any atom is -2.00 e. The third-order valence-corrected chi connectivity index (χ3v) is 95.8. The van der Waals surface area contributed by atoms with Crippen molar-refractivity contribution in [2.45, 2.75) is 463 Å². The molecule has 29 nitrogen and oxygen atoms in total. The molecule has 0 spiro atoms. The molecule has 699 valence electrons. The van der Waals surface area contributed by atoms with E-state index in [2.05, 4.69) is 0 Å². The average molecular weight is 2090 g/mol. The van der Waals surface area contributed by atoms with Gasteiger partial charge >= 0.3 is 126 Å². The van der Waals surface area contributed by atoms with E-state index in [0.29, 0.717) is 77.0 Å². The smallest absolute Gasteiger partial charge is 2.00 e. The van der Waals surface area contributed by atoms with Crippen molar-refractivity contribution in [3.63, 3.8) is 0 Å². The summed E-state index contributed by atoms with van der Waals surface area (Å²) in [6, 6.07) is 0. The first-order valence-corrected chi connectivity index (χ1v) is 74.4. The van der Waals surface area contributed by atoms with E-state index in [1.54, 1.807) is 0 Å². The number of fused-ring (bicyclic) bond motifs is 6. The number of hydrogen-bond donors (Lipinski definition) is 0. The molecule has 22 rings (SSSR count). The second kappa shape index (κ2) is 43.8. The van der Waals surface area contributed by atoms with Gasteiger partial charge in [-0.3, -0.25) is 0 Å². The van der Waals surface area contributed by atoms with Crippen molar-refractivity contribution in [1.29, 1.82) is 0 Å². The zero-order valence-electron chi connectivity index (χ0n) is 73.5. The minimum absolute atomic E-state index is 0. The van der Waals surface area contributed by atoms with Gasteiger partial charge in [0.15, 0.2) is 0 Å². The minimum atomic E-state index is -4.58. The summed E-state index contributed by atoms with van der Waals surface area (Å²) in [5.74, 6) is 0.